The molecule has 1 rings (SSSR count). The van der Waals surface area contributed by atoms with Gasteiger partial charge in [-0.25, -0.2) is 4.99 Å². The number of allylic oxidation sites excluding steroid dienone is 4. The highest BCUT2D eigenvalue weighted by Gasteiger charge is 1.92. The van der Waals surface area contributed by atoms with Crippen LogP contribution in [0.25, 0.3) is 0 Å². The highest BCUT2D eigenvalue weighted by atomic mass is 15.0. The van der Waals surface area contributed by atoms with Crippen molar-refractivity contribution < 1.29 is 0 Å². The maximum absolute atomic E-state index is 4.34. The lowest BCUT2D eigenvalue weighted by Crippen LogP contribution is -2.12. The molecule has 0 aromatic rings. The summed E-state index contributed by atoms with van der Waals surface area (Å²) in [6.45, 7) is 6.23. The molecule has 0 radical (unpaired) electrons. The van der Waals surface area contributed by atoms with Crippen LogP contribution in [0, 0.1) is 0 Å². The number of rotatable bonds is 0. The first kappa shape index (κ1) is 11.8. The normalized spacial score (nSPS) is 28.1. The van der Waals surface area contributed by atoms with Crippen molar-refractivity contribution in [1.29, 1.82) is 0 Å². The minimum Gasteiger partial charge on any atom is -0.350 e. The molecule has 15 heavy (non-hydrogen) atoms. The maximum Gasteiger partial charge on any atom is 0.102 e. The Hall–Kier alpha value is -1.31. The third kappa shape index (κ3) is 5.21. The first-order valence-corrected chi connectivity index (χ1v) is 5.48. The van der Waals surface area contributed by atoms with E-state index < -0.39 is 0 Å². The van der Waals surface area contributed by atoms with E-state index in [9.17, 15) is 0 Å². The Labute approximate surface area is 92.5 Å². The van der Waals surface area contributed by atoms with Gasteiger partial charge in [0.05, 0.1) is 0 Å². The van der Waals surface area contributed by atoms with E-state index in [2.05, 4.69) is 36.3 Å². The van der Waals surface area contributed by atoms with Crippen LogP contribution in [0.5, 0.6) is 0 Å². The number of aliphatic imine (C=N–C) groups is 1. The second-order valence-corrected chi connectivity index (χ2v) is 4.01. The molecule has 0 fully saturated rings. The smallest absolute Gasteiger partial charge is 0.102 e. The van der Waals surface area contributed by atoms with Crippen LogP contribution in [0.1, 0.15) is 40.0 Å². The topological polar surface area (TPSA) is 24.4 Å². The predicted octanol–water partition coefficient (Wildman–Crippen LogP) is 3.54. The van der Waals surface area contributed by atoms with E-state index in [-0.39, 0.29) is 0 Å². The average Bonchev–Trinajstić information content (AvgIpc) is 2.20. The van der Waals surface area contributed by atoms with Crippen LogP contribution in [-0.4, -0.2) is 5.84 Å². The number of nitrogens with zero attached hydrogens (tertiary/aromatic N) is 1. The number of nitrogens with one attached hydrogen (secondary N) is 1. The molecule has 0 aliphatic carbocycles. The molecule has 0 amide bonds. The van der Waals surface area contributed by atoms with Crippen LogP contribution in [0.3, 0.4) is 0 Å². The molecule has 0 spiro atoms. The molecule has 2 heteroatoms. The SMILES string of the molecule is CC1=N/C=C(/C)CCC/C=C(C)/C=C\N1. The molecule has 0 aromatic heterocycles. The molecule has 1 heterocycles. The fourth-order valence-corrected chi connectivity index (χ4v) is 1.38. The van der Waals surface area contributed by atoms with Gasteiger partial charge in [-0.05, 0) is 46.1 Å². The van der Waals surface area contributed by atoms with Gasteiger partial charge >= 0.3 is 0 Å². The predicted molar refractivity (Wildman–Crippen MR) is 66.7 cm³/mol. The van der Waals surface area contributed by atoms with Gasteiger partial charge in [-0.15, -0.1) is 0 Å². The van der Waals surface area contributed by atoms with Gasteiger partial charge in [0.15, 0.2) is 0 Å². The summed E-state index contributed by atoms with van der Waals surface area (Å²) < 4.78 is 0. The van der Waals surface area contributed by atoms with E-state index in [0.717, 1.165) is 18.7 Å². The first-order chi connectivity index (χ1) is 7.18. The fourth-order valence-electron chi connectivity index (χ4n) is 1.38. The Kier molecular flexibility index (Phi) is 4.88. The molecule has 0 saturated heterocycles. The lowest BCUT2D eigenvalue weighted by Gasteiger charge is -2.02. The molecule has 0 unspecified atom stereocenters. The van der Waals surface area contributed by atoms with Crippen molar-refractivity contribution in [2.45, 2.75) is 40.0 Å². The van der Waals surface area contributed by atoms with E-state index in [1.165, 1.54) is 17.6 Å². The van der Waals surface area contributed by atoms with Crippen LogP contribution in [0.15, 0.2) is 40.7 Å². The lowest BCUT2D eigenvalue weighted by molar-refractivity contribution is 0.826. The molecule has 0 atom stereocenters. The molecule has 1 N–H and O–H groups in total. The molecular weight excluding hydrogens is 184 g/mol. The standard InChI is InChI=1S/C13H20N2/c1-11-6-4-5-7-12(2)10-15-13(3)14-9-8-11/h6,8-10H,4-5,7H2,1-3H3,(H,14,15)/b9-8-,11-6+,12-10-. The zero-order valence-electron chi connectivity index (χ0n) is 9.88. The minimum atomic E-state index is 0.930. The summed E-state index contributed by atoms with van der Waals surface area (Å²) >= 11 is 0. The molecule has 1 aliphatic rings. The minimum absolute atomic E-state index is 0.930. The van der Waals surface area contributed by atoms with E-state index in [1.807, 2.05) is 19.3 Å². The Morgan fingerprint density at radius 1 is 1.27 bits per heavy atom. The van der Waals surface area contributed by atoms with Crippen LogP contribution in [0.2, 0.25) is 0 Å². The molecule has 2 nitrogen and oxygen atoms in total. The van der Waals surface area contributed by atoms with Crippen molar-refractivity contribution in [3.63, 3.8) is 0 Å². The van der Waals surface area contributed by atoms with Crippen molar-refractivity contribution in [2.24, 2.45) is 4.99 Å². The van der Waals surface area contributed by atoms with Crippen molar-refractivity contribution in [1.82, 2.24) is 5.32 Å². The average molecular weight is 204 g/mol. The van der Waals surface area contributed by atoms with E-state index in [0.29, 0.717) is 0 Å². The van der Waals surface area contributed by atoms with Gasteiger partial charge in [-0.1, -0.05) is 17.2 Å². The number of amidine groups is 1. The molecule has 0 bridgehead atoms. The highest BCUT2D eigenvalue weighted by Crippen LogP contribution is 2.09. The van der Waals surface area contributed by atoms with Gasteiger partial charge in [0.1, 0.15) is 5.84 Å². The van der Waals surface area contributed by atoms with Crippen molar-refractivity contribution in [2.75, 3.05) is 0 Å². The van der Waals surface area contributed by atoms with Gasteiger partial charge in [-0.3, -0.25) is 0 Å². The quantitative estimate of drug-likeness (QED) is 0.641. The van der Waals surface area contributed by atoms with Crippen LogP contribution in [0.4, 0.5) is 0 Å². The highest BCUT2D eigenvalue weighted by molar-refractivity contribution is 5.81. The molecule has 0 aromatic carbocycles. The summed E-state index contributed by atoms with van der Waals surface area (Å²) in [7, 11) is 0. The van der Waals surface area contributed by atoms with Crippen LogP contribution >= 0.6 is 0 Å². The van der Waals surface area contributed by atoms with Gasteiger partial charge in [0, 0.05) is 12.4 Å². The second kappa shape index (κ2) is 6.23. The summed E-state index contributed by atoms with van der Waals surface area (Å²) in [5.74, 6) is 0.930. The fraction of sp³-hybridized carbons (Fsp3) is 0.462. The summed E-state index contributed by atoms with van der Waals surface area (Å²) in [6.07, 6.45) is 11.7. The Balaban J connectivity index is 2.74. The summed E-state index contributed by atoms with van der Waals surface area (Å²) in [5.41, 5.74) is 2.64. The third-order valence-electron chi connectivity index (χ3n) is 2.36. The Morgan fingerprint density at radius 2 is 2.07 bits per heavy atom. The number of hydrogen-bond acceptors (Lipinski definition) is 2. The molecule has 1 aliphatic heterocycles. The third-order valence-corrected chi connectivity index (χ3v) is 2.36. The second-order valence-electron chi connectivity index (χ2n) is 4.01. The lowest BCUT2D eigenvalue weighted by atomic mass is 10.1. The summed E-state index contributed by atoms with van der Waals surface area (Å²) in [5, 5.41) is 3.14. The maximum atomic E-state index is 4.34. The zero-order valence-corrected chi connectivity index (χ0v) is 9.88. The largest absolute Gasteiger partial charge is 0.350 e. The van der Waals surface area contributed by atoms with Crippen molar-refractivity contribution in [3.05, 3.63) is 35.7 Å². The monoisotopic (exact) mass is 204 g/mol. The molecule has 82 valence electrons. The molecular formula is C13H20N2. The van der Waals surface area contributed by atoms with Crippen molar-refractivity contribution >= 4 is 5.84 Å². The van der Waals surface area contributed by atoms with Gasteiger partial charge < -0.3 is 5.32 Å². The van der Waals surface area contributed by atoms with Crippen LogP contribution in [-0.2, 0) is 0 Å². The van der Waals surface area contributed by atoms with Gasteiger partial charge in [-0.2, -0.15) is 0 Å². The first-order valence-electron chi connectivity index (χ1n) is 5.48. The number of hydrogen-bond donors (Lipinski definition) is 1. The summed E-state index contributed by atoms with van der Waals surface area (Å²) in [4.78, 5) is 4.34. The van der Waals surface area contributed by atoms with E-state index in [4.69, 9.17) is 0 Å². The Morgan fingerprint density at radius 3 is 2.87 bits per heavy atom. The van der Waals surface area contributed by atoms with Gasteiger partial charge in [0.2, 0.25) is 0 Å². The van der Waals surface area contributed by atoms with E-state index >= 15 is 0 Å². The zero-order chi connectivity index (χ0) is 11.1. The molecule has 0 saturated carbocycles. The van der Waals surface area contributed by atoms with Crippen LogP contribution < -0.4 is 5.32 Å². The Bertz CT molecular complexity index is 319. The van der Waals surface area contributed by atoms with Gasteiger partial charge in [0.25, 0.3) is 0 Å². The summed E-state index contributed by atoms with van der Waals surface area (Å²) in [6, 6.07) is 0. The van der Waals surface area contributed by atoms with E-state index in [1.54, 1.807) is 0 Å². The van der Waals surface area contributed by atoms with Crippen molar-refractivity contribution in [3.8, 4) is 0 Å².